The van der Waals surface area contributed by atoms with Crippen LogP contribution in [0.2, 0.25) is 0 Å². The van der Waals surface area contributed by atoms with Gasteiger partial charge in [0, 0.05) is 18.6 Å². The van der Waals surface area contributed by atoms with Crippen LogP contribution in [0.1, 0.15) is 0 Å². The molecule has 0 aromatic rings. The van der Waals surface area contributed by atoms with Gasteiger partial charge in [-0.25, -0.2) is 0 Å². The molecule has 0 aliphatic heterocycles. The Morgan fingerprint density at radius 1 is 1.00 bits per heavy atom. The van der Waals surface area contributed by atoms with E-state index >= 15 is 0 Å². The molecule has 2 N–H and O–H groups in total. The largest absolute Gasteiger partial charge is 0.316 e. The van der Waals surface area contributed by atoms with Crippen molar-refractivity contribution < 1.29 is 36.1 Å². The molecular weight excluding hydrogens is 250 g/mol. The topological polar surface area (TPSA) is 74.6 Å². The smallest absolute Gasteiger partial charge is 0 e. The van der Waals surface area contributed by atoms with Gasteiger partial charge in [-0.05, 0) is 0 Å². The monoisotopic (exact) mass is 255 g/mol. The fourth-order valence-corrected chi connectivity index (χ4v) is 0. The summed E-state index contributed by atoms with van der Waals surface area (Å²) in [6.45, 7) is 0. The van der Waals surface area contributed by atoms with Crippen LogP contribution in [0.3, 0.4) is 0 Å². The quantitative estimate of drug-likeness (QED) is 0.361. The van der Waals surface area contributed by atoms with Crippen molar-refractivity contribution in [2.45, 2.75) is 0 Å². The van der Waals surface area contributed by atoms with Crippen molar-refractivity contribution in [2.75, 3.05) is 0 Å². The molecule has 0 saturated carbocycles. The van der Waals surface area contributed by atoms with Crippen molar-refractivity contribution >= 4 is 136 Å². The maximum Gasteiger partial charge on any atom is 0.316 e. The summed E-state index contributed by atoms with van der Waals surface area (Å²) in [6, 6.07) is 0. The Morgan fingerprint density at radius 2 is 1.00 bits per heavy atom. The molecule has 0 saturated heterocycles. The average molecular weight is 256 g/mol. The Bertz CT molecular complexity index is 102. The van der Waals surface area contributed by atoms with E-state index in [1.54, 1.807) is 0 Å². The van der Waals surface area contributed by atoms with Gasteiger partial charge in [-0.15, -0.1) is 0 Å². The molecular formula is H6K2MgO4SV. The molecule has 9 heavy (non-hydrogen) atoms. The molecule has 0 atom stereocenters. The zero-order chi connectivity index (χ0) is 4.50. The standard InChI is InChI=1S/2K.Mg.H2O4S.V.4H/c;;;1-5(2,3)4;;;;;/h;;;(H2,1,2,3,4);;;;;. The van der Waals surface area contributed by atoms with Crippen LogP contribution < -0.4 is 0 Å². The molecule has 1 radical (unpaired) electrons. The molecule has 0 rings (SSSR count). The van der Waals surface area contributed by atoms with Crippen LogP contribution in [0.15, 0.2) is 0 Å². The zero-order valence-electron chi connectivity index (χ0n) is 2.57. The first kappa shape index (κ1) is 29.2. The van der Waals surface area contributed by atoms with E-state index in [4.69, 9.17) is 17.5 Å². The first-order valence-corrected chi connectivity index (χ1v) is 2.10. The summed E-state index contributed by atoms with van der Waals surface area (Å²) in [7, 11) is -4.67. The van der Waals surface area contributed by atoms with Gasteiger partial charge in [-0.1, -0.05) is 0 Å². The van der Waals surface area contributed by atoms with Crippen LogP contribution in [-0.2, 0) is 29.0 Å². The fourth-order valence-electron chi connectivity index (χ4n) is 0. The van der Waals surface area contributed by atoms with E-state index in [1.807, 2.05) is 0 Å². The van der Waals surface area contributed by atoms with E-state index in [0.717, 1.165) is 0 Å². The predicted octanol–water partition coefficient (Wildman–Crippen LogP) is -2.87. The maximum absolute atomic E-state index is 8.74. The van der Waals surface area contributed by atoms with E-state index in [9.17, 15) is 0 Å². The second-order valence-electron chi connectivity index (χ2n) is 0.448. The second-order valence-corrected chi connectivity index (χ2v) is 1.34. The van der Waals surface area contributed by atoms with E-state index in [2.05, 4.69) is 0 Å². The van der Waals surface area contributed by atoms with Gasteiger partial charge in [0.2, 0.25) is 0 Å². The molecule has 0 spiro atoms. The van der Waals surface area contributed by atoms with Crippen LogP contribution in [0.5, 0.6) is 0 Å². The minimum Gasteiger partial charge on any atom is 0 e. The van der Waals surface area contributed by atoms with Gasteiger partial charge in [-0.3, -0.25) is 9.11 Å². The Hall–Kier alpha value is 4.49. The van der Waals surface area contributed by atoms with Crippen molar-refractivity contribution in [3.05, 3.63) is 0 Å². The second kappa shape index (κ2) is 15.0. The third-order valence-electron chi connectivity index (χ3n) is 0. The van der Waals surface area contributed by atoms with E-state index in [-0.39, 0.29) is 144 Å². The summed E-state index contributed by atoms with van der Waals surface area (Å²) >= 11 is 0. The Balaban J connectivity index is -0.0000000133. The molecule has 0 fully saturated rings. The molecule has 0 aliphatic carbocycles. The van der Waals surface area contributed by atoms with Crippen LogP contribution in [0.4, 0.5) is 0 Å². The van der Waals surface area contributed by atoms with Crippen molar-refractivity contribution in [3.8, 4) is 0 Å². The fraction of sp³-hybridized carbons (Fsp3) is 0. The zero-order valence-corrected chi connectivity index (χ0v) is 4.78. The van der Waals surface area contributed by atoms with Crippen LogP contribution in [0, 0.1) is 0 Å². The Kier molecular flexibility index (Phi) is 48.6. The van der Waals surface area contributed by atoms with Crippen LogP contribution in [0.25, 0.3) is 0 Å². The molecule has 0 unspecified atom stereocenters. The summed E-state index contributed by atoms with van der Waals surface area (Å²) in [5.74, 6) is 0. The van der Waals surface area contributed by atoms with Crippen molar-refractivity contribution in [2.24, 2.45) is 0 Å². The summed E-state index contributed by atoms with van der Waals surface area (Å²) in [5, 5.41) is 0. The molecule has 0 heterocycles. The summed E-state index contributed by atoms with van der Waals surface area (Å²) in [4.78, 5) is 0. The van der Waals surface area contributed by atoms with Crippen molar-refractivity contribution in [1.82, 2.24) is 0 Å². The molecule has 0 amide bonds. The third kappa shape index (κ3) is 68.1. The van der Waals surface area contributed by atoms with Gasteiger partial charge in [0.05, 0.1) is 0 Å². The van der Waals surface area contributed by atoms with E-state index < -0.39 is 10.4 Å². The van der Waals surface area contributed by atoms with Crippen LogP contribution >= 0.6 is 0 Å². The SMILES string of the molecule is O=S(=O)(O)O.[KH].[KH].[MgH2].[V]. The third-order valence-corrected chi connectivity index (χ3v) is 0. The normalized spacial score (nSPS) is 6.44. The molecule has 45 valence electrons. The minimum absolute atomic E-state index is 0. The number of hydrogen-bond acceptors (Lipinski definition) is 2. The van der Waals surface area contributed by atoms with Gasteiger partial charge >= 0.3 is 136 Å². The van der Waals surface area contributed by atoms with E-state index in [0.29, 0.717) is 0 Å². The van der Waals surface area contributed by atoms with E-state index in [1.165, 1.54) is 0 Å². The first-order valence-electron chi connectivity index (χ1n) is 0.698. The minimum atomic E-state index is -4.67. The van der Waals surface area contributed by atoms with Crippen LogP contribution in [-0.4, -0.2) is 143 Å². The van der Waals surface area contributed by atoms with Crippen molar-refractivity contribution in [1.29, 1.82) is 0 Å². The predicted molar refractivity (Wildman–Crippen MR) is 37.0 cm³/mol. The molecule has 0 aromatic heterocycles. The number of hydrogen-bond donors (Lipinski definition) is 2. The van der Waals surface area contributed by atoms with Gasteiger partial charge < -0.3 is 0 Å². The first-order chi connectivity index (χ1) is 2.00. The van der Waals surface area contributed by atoms with Gasteiger partial charge in [0.25, 0.3) is 0 Å². The summed E-state index contributed by atoms with van der Waals surface area (Å²) in [6.07, 6.45) is 0. The Morgan fingerprint density at radius 3 is 1.00 bits per heavy atom. The molecule has 0 aromatic carbocycles. The molecule has 0 bridgehead atoms. The number of rotatable bonds is 0. The van der Waals surface area contributed by atoms with Crippen molar-refractivity contribution in [3.63, 3.8) is 0 Å². The molecule has 4 nitrogen and oxygen atoms in total. The van der Waals surface area contributed by atoms with Gasteiger partial charge in [-0.2, -0.15) is 8.42 Å². The average Bonchev–Trinajstić information content (AvgIpc) is 0.722. The summed E-state index contributed by atoms with van der Waals surface area (Å²) in [5.41, 5.74) is 0. The summed E-state index contributed by atoms with van der Waals surface area (Å²) < 4.78 is 31.6. The van der Waals surface area contributed by atoms with Gasteiger partial charge in [0.1, 0.15) is 0 Å². The maximum atomic E-state index is 8.74. The molecule has 0 aliphatic rings. The Labute approximate surface area is 167 Å². The molecule has 9 heteroatoms. The van der Waals surface area contributed by atoms with Gasteiger partial charge in [0.15, 0.2) is 0 Å².